The molecule has 1 saturated carbocycles. The quantitative estimate of drug-likeness (QED) is 0.484. The molecule has 4 heteroatoms. The van der Waals surface area contributed by atoms with Crippen molar-refractivity contribution in [2.75, 3.05) is 6.61 Å². The third-order valence-electron chi connectivity index (χ3n) is 2.65. The van der Waals surface area contributed by atoms with Crippen molar-refractivity contribution in [3.8, 4) is 5.75 Å². The van der Waals surface area contributed by atoms with Crippen LogP contribution in [-0.2, 0) is 0 Å². The summed E-state index contributed by atoms with van der Waals surface area (Å²) >= 11 is 0. The molecular weight excluding hydrogens is 209 g/mol. The molecule has 0 bridgehead atoms. The summed E-state index contributed by atoms with van der Waals surface area (Å²) in [4.78, 5) is 0. The van der Waals surface area contributed by atoms with Crippen LogP contribution in [0.2, 0.25) is 0 Å². The van der Waals surface area contributed by atoms with Gasteiger partial charge in [0.25, 0.3) is 0 Å². The van der Waals surface area contributed by atoms with Crippen LogP contribution in [0.15, 0.2) is 23.4 Å². The number of hydrogen-bond donors (Lipinski definition) is 1. The predicted molar refractivity (Wildman–Crippen MR) is 58.6 cm³/mol. The highest BCUT2D eigenvalue weighted by Gasteiger charge is 2.22. The monoisotopic (exact) mass is 223 g/mol. The summed E-state index contributed by atoms with van der Waals surface area (Å²) < 4.78 is 18.6. The van der Waals surface area contributed by atoms with Gasteiger partial charge in [-0.25, -0.2) is 4.39 Å². The molecule has 1 N–H and O–H groups in total. The van der Waals surface area contributed by atoms with Crippen molar-refractivity contribution in [2.45, 2.75) is 19.8 Å². The molecule has 1 aromatic rings. The predicted octanol–water partition coefficient (Wildman–Crippen LogP) is 2.81. The smallest absolute Gasteiger partial charge is 0.131 e. The van der Waals surface area contributed by atoms with Gasteiger partial charge < -0.3 is 9.94 Å². The maximum Gasteiger partial charge on any atom is 0.131 e. The first-order valence-corrected chi connectivity index (χ1v) is 5.32. The molecule has 16 heavy (non-hydrogen) atoms. The molecule has 86 valence electrons. The minimum Gasteiger partial charge on any atom is -0.492 e. The van der Waals surface area contributed by atoms with Crippen molar-refractivity contribution in [1.29, 1.82) is 0 Å². The third-order valence-corrected chi connectivity index (χ3v) is 2.65. The zero-order chi connectivity index (χ0) is 11.5. The lowest BCUT2D eigenvalue weighted by Crippen LogP contribution is -2.05. The van der Waals surface area contributed by atoms with Gasteiger partial charge in [-0.1, -0.05) is 5.16 Å². The lowest BCUT2D eigenvalue weighted by Gasteiger charge is -2.10. The summed E-state index contributed by atoms with van der Waals surface area (Å²) in [5.41, 5.74) is 1.05. The van der Waals surface area contributed by atoms with Gasteiger partial charge in [-0.3, -0.25) is 0 Å². The van der Waals surface area contributed by atoms with Crippen LogP contribution in [0, 0.1) is 11.7 Å². The van der Waals surface area contributed by atoms with Crippen molar-refractivity contribution in [3.05, 3.63) is 29.6 Å². The lowest BCUT2D eigenvalue weighted by molar-refractivity contribution is 0.296. The number of hydrogen-bond acceptors (Lipinski definition) is 3. The van der Waals surface area contributed by atoms with E-state index in [0.717, 1.165) is 0 Å². The molecular formula is C12H14FNO2. The molecule has 1 aliphatic rings. The number of halogens is 1. The van der Waals surface area contributed by atoms with Crippen molar-refractivity contribution < 1.29 is 14.3 Å². The largest absolute Gasteiger partial charge is 0.492 e. The van der Waals surface area contributed by atoms with Crippen molar-refractivity contribution in [3.63, 3.8) is 0 Å². The average molecular weight is 223 g/mol. The van der Waals surface area contributed by atoms with E-state index >= 15 is 0 Å². The van der Waals surface area contributed by atoms with Gasteiger partial charge in [0.05, 0.1) is 12.3 Å². The molecule has 0 aromatic heterocycles. The minimum absolute atomic E-state index is 0.347. The van der Waals surface area contributed by atoms with E-state index in [0.29, 0.717) is 29.5 Å². The molecule has 0 unspecified atom stereocenters. The Bertz CT molecular complexity index is 413. The van der Waals surface area contributed by atoms with Gasteiger partial charge >= 0.3 is 0 Å². The first-order chi connectivity index (χ1) is 7.70. The first kappa shape index (κ1) is 10.9. The second kappa shape index (κ2) is 4.51. The minimum atomic E-state index is -0.347. The van der Waals surface area contributed by atoms with E-state index in [4.69, 9.17) is 9.94 Å². The van der Waals surface area contributed by atoms with Crippen LogP contribution in [-0.4, -0.2) is 17.5 Å². The maximum atomic E-state index is 13.1. The van der Waals surface area contributed by atoms with E-state index in [9.17, 15) is 4.39 Å². The fraction of sp³-hybridized carbons (Fsp3) is 0.417. The van der Waals surface area contributed by atoms with Crippen molar-refractivity contribution >= 4 is 5.71 Å². The van der Waals surface area contributed by atoms with Gasteiger partial charge in [0.1, 0.15) is 11.6 Å². The molecule has 0 heterocycles. The molecule has 0 spiro atoms. The Balaban J connectivity index is 2.20. The molecule has 0 amide bonds. The Morgan fingerprint density at radius 3 is 2.94 bits per heavy atom. The van der Waals surface area contributed by atoms with Gasteiger partial charge in [0, 0.05) is 11.6 Å². The molecule has 0 radical (unpaired) electrons. The summed E-state index contributed by atoms with van der Waals surface area (Å²) in [5, 5.41) is 11.8. The van der Waals surface area contributed by atoms with E-state index < -0.39 is 0 Å². The molecule has 0 aliphatic heterocycles. The Morgan fingerprint density at radius 2 is 2.31 bits per heavy atom. The van der Waals surface area contributed by atoms with Crippen molar-refractivity contribution in [1.82, 2.24) is 0 Å². The molecule has 1 aliphatic carbocycles. The van der Waals surface area contributed by atoms with Crippen LogP contribution in [0.3, 0.4) is 0 Å². The van der Waals surface area contributed by atoms with Crippen molar-refractivity contribution in [2.24, 2.45) is 11.1 Å². The molecule has 1 fully saturated rings. The number of nitrogens with zero attached hydrogens (tertiary/aromatic N) is 1. The highest BCUT2D eigenvalue weighted by Crippen LogP contribution is 2.30. The molecule has 2 rings (SSSR count). The molecule has 3 nitrogen and oxygen atoms in total. The van der Waals surface area contributed by atoms with Crippen LogP contribution in [0.25, 0.3) is 0 Å². The topological polar surface area (TPSA) is 41.8 Å². The summed E-state index contributed by atoms with van der Waals surface area (Å²) in [6.07, 6.45) is 2.36. The number of rotatable bonds is 4. The SMILES string of the molecule is C/C(=N/O)c1ccc(F)cc1OCC1CC1. The fourth-order valence-corrected chi connectivity index (χ4v) is 1.46. The number of ether oxygens (including phenoxy) is 1. The second-order valence-electron chi connectivity index (χ2n) is 4.08. The summed E-state index contributed by atoms with van der Waals surface area (Å²) in [6.45, 7) is 2.26. The Morgan fingerprint density at radius 1 is 1.56 bits per heavy atom. The van der Waals surface area contributed by atoms with Gasteiger partial charge in [-0.05, 0) is 37.8 Å². The van der Waals surface area contributed by atoms with Gasteiger partial charge in [0.2, 0.25) is 0 Å². The lowest BCUT2D eigenvalue weighted by atomic mass is 10.1. The Kier molecular flexibility index (Phi) is 3.08. The first-order valence-electron chi connectivity index (χ1n) is 5.32. The fourth-order valence-electron chi connectivity index (χ4n) is 1.46. The molecule has 1 aromatic carbocycles. The van der Waals surface area contributed by atoms with E-state index in [1.807, 2.05) is 0 Å². The molecule has 0 saturated heterocycles. The average Bonchev–Trinajstić information content (AvgIpc) is 3.09. The standard InChI is InChI=1S/C12H14FNO2/c1-8(14-15)11-5-4-10(13)6-12(11)16-7-9-2-3-9/h4-6,9,15H,2-3,7H2,1H3/b14-8-. The van der Waals surface area contributed by atoms with Crippen LogP contribution < -0.4 is 4.74 Å². The summed E-state index contributed by atoms with van der Waals surface area (Å²) in [7, 11) is 0. The maximum absolute atomic E-state index is 13.1. The van der Waals surface area contributed by atoms with Crippen LogP contribution in [0.1, 0.15) is 25.3 Å². The normalized spacial score (nSPS) is 16.2. The Hall–Kier alpha value is -1.58. The van der Waals surface area contributed by atoms with Gasteiger partial charge in [-0.15, -0.1) is 0 Å². The van der Waals surface area contributed by atoms with Crippen LogP contribution in [0.4, 0.5) is 4.39 Å². The highest BCUT2D eigenvalue weighted by molar-refractivity contribution is 6.00. The number of benzene rings is 1. The van der Waals surface area contributed by atoms with E-state index in [2.05, 4.69) is 5.16 Å². The van der Waals surface area contributed by atoms with Crippen LogP contribution in [0.5, 0.6) is 5.75 Å². The summed E-state index contributed by atoms with van der Waals surface area (Å²) in [6, 6.07) is 4.22. The molecule has 0 atom stereocenters. The second-order valence-corrected chi connectivity index (χ2v) is 4.08. The zero-order valence-electron chi connectivity index (χ0n) is 9.11. The van der Waals surface area contributed by atoms with E-state index in [1.54, 1.807) is 13.0 Å². The zero-order valence-corrected chi connectivity index (χ0v) is 9.11. The third kappa shape index (κ3) is 2.51. The highest BCUT2D eigenvalue weighted by atomic mass is 19.1. The van der Waals surface area contributed by atoms with E-state index in [-0.39, 0.29) is 5.82 Å². The van der Waals surface area contributed by atoms with E-state index in [1.165, 1.54) is 25.0 Å². The van der Waals surface area contributed by atoms with Gasteiger partial charge in [-0.2, -0.15) is 0 Å². The number of oxime groups is 1. The van der Waals surface area contributed by atoms with Gasteiger partial charge in [0.15, 0.2) is 0 Å². The van der Waals surface area contributed by atoms with Crippen LogP contribution >= 0.6 is 0 Å². The summed E-state index contributed by atoms with van der Waals surface area (Å²) in [5.74, 6) is 0.699. The Labute approximate surface area is 93.5 Å².